The normalized spacial score (nSPS) is 18.1. The van der Waals surface area contributed by atoms with E-state index in [9.17, 15) is 0 Å². The molecule has 1 aromatic heterocycles. The molecule has 2 heterocycles. The van der Waals surface area contributed by atoms with Gasteiger partial charge in [0.15, 0.2) is 0 Å². The van der Waals surface area contributed by atoms with Gasteiger partial charge in [0.05, 0.1) is 0 Å². The van der Waals surface area contributed by atoms with Crippen molar-refractivity contribution in [2.24, 2.45) is 0 Å². The Labute approximate surface area is 159 Å². The Kier molecular flexibility index (Phi) is 9.04. The van der Waals surface area contributed by atoms with Crippen LogP contribution >= 0.6 is 0 Å². The molecule has 1 fully saturated rings. The van der Waals surface area contributed by atoms with Crippen LogP contribution in [0.15, 0.2) is 18.5 Å². The van der Waals surface area contributed by atoms with E-state index >= 15 is 0 Å². The van der Waals surface area contributed by atoms with Gasteiger partial charge in [0, 0.05) is 0 Å². The summed E-state index contributed by atoms with van der Waals surface area (Å²) in [6.07, 6.45) is 12.6. The molecule has 0 amide bonds. The van der Waals surface area contributed by atoms with E-state index in [2.05, 4.69) is 49.8 Å². The average Bonchev–Trinajstić information content (AvgIpc) is 3.07. The van der Waals surface area contributed by atoms with Crippen molar-refractivity contribution >= 4 is 27.6 Å². The zero-order valence-electron chi connectivity index (χ0n) is 16.9. The molecule has 4 heteroatoms. The van der Waals surface area contributed by atoms with E-state index in [0.717, 1.165) is 13.2 Å². The summed E-state index contributed by atoms with van der Waals surface area (Å²) >= 11 is -2.46. The van der Waals surface area contributed by atoms with Crippen molar-refractivity contribution in [2.45, 2.75) is 85.8 Å². The molecule has 1 aromatic rings. The molecule has 0 saturated carbocycles. The molecule has 1 saturated heterocycles. The first-order chi connectivity index (χ1) is 12.2. The molecule has 0 radical (unpaired) electrons. The molecule has 0 bridgehead atoms. The van der Waals surface area contributed by atoms with E-state index in [1.807, 2.05) is 6.20 Å². The van der Waals surface area contributed by atoms with Gasteiger partial charge in [-0.05, 0) is 0 Å². The summed E-state index contributed by atoms with van der Waals surface area (Å²) in [4.78, 5) is 7.11. The van der Waals surface area contributed by atoms with Gasteiger partial charge in [-0.1, -0.05) is 0 Å². The first-order valence-electron chi connectivity index (χ1n) is 10.5. The monoisotopic (exact) mass is 454 g/mol. The van der Waals surface area contributed by atoms with E-state index in [1.54, 1.807) is 3.58 Å². The van der Waals surface area contributed by atoms with Crippen LogP contribution in [0.25, 0.3) is 0 Å². The molecular weight excluding hydrogens is 415 g/mol. The first-order valence-corrected chi connectivity index (χ1v) is 18.0. The Balaban J connectivity index is 2.43. The Morgan fingerprint density at radius 1 is 1.08 bits per heavy atom. The number of hydrogen-bond acceptors (Lipinski definition) is 3. The topological polar surface area (TPSA) is 25.4 Å². The molecule has 2 rings (SSSR count). The summed E-state index contributed by atoms with van der Waals surface area (Å²) in [6.45, 7) is 11.1. The fraction of sp³-hybridized carbons (Fsp3) is 0.762. The van der Waals surface area contributed by atoms with Gasteiger partial charge in [0.25, 0.3) is 0 Å². The van der Waals surface area contributed by atoms with Gasteiger partial charge in [-0.15, -0.1) is 0 Å². The number of ether oxygens (including phenoxy) is 1. The molecule has 25 heavy (non-hydrogen) atoms. The Morgan fingerprint density at radius 3 is 2.16 bits per heavy atom. The molecule has 0 aliphatic carbocycles. The van der Waals surface area contributed by atoms with Crippen LogP contribution in [0, 0.1) is 0 Å². The minimum absolute atomic E-state index is 0.202. The number of hydrogen-bond donors (Lipinski definition) is 0. The van der Waals surface area contributed by atoms with Crippen LogP contribution in [0.2, 0.25) is 13.3 Å². The van der Waals surface area contributed by atoms with Crippen LogP contribution in [-0.2, 0) is 4.74 Å². The summed E-state index contributed by atoms with van der Waals surface area (Å²) in [5.74, 6) is 0. The van der Waals surface area contributed by atoms with Crippen molar-refractivity contribution in [1.29, 1.82) is 0 Å². The summed E-state index contributed by atoms with van der Waals surface area (Å²) in [6, 6.07) is 2.27. The van der Waals surface area contributed by atoms with Crippen LogP contribution in [0.5, 0.6) is 0 Å². The summed E-state index contributed by atoms with van der Waals surface area (Å²) in [5, 5.41) is 0. The Morgan fingerprint density at radius 2 is 1.68 bits per heavy atom. The molecule has 142 valence electrons. The van der Waals surface area contributed by atoms with Crippen LogP contribution < -0.4 is 8.48 Å². The van der Waals surface area contributed by atoms with E-state index in [-0.39, 0.29) is 6.23 Å². The second-order valence-electron chi connectivity index (χ2n) is 7.65. The number of nitrogens with zero attached hydrogens (tertiary/aromatic N) is 2. The number of aromatic nitrogens is 1. The van der Waals surface area contributed by atoms with Crippen molar-refractivity contribution in [2.75, 3.05) is 18.1 Å². The van der Waals surface area contributed by atoms with Crippen molar-refractivity contribution in [3.05, 3.63) is 18.5 Å². The second kappa shape index (κ2) is 10.8. The summed E-state index contributed by atoms with van der Waals surface area (Å²) < 4.78 is 12.0. The van der Waals surface area contributed by atoms with Crippen LogP contribution in [0.4, 0.5) is 5.69 Å². The van der Waals surface area contributed by atoms with Crippen LogP contribution in [-0.4, -0.2) is 42.7 Å². The molecular formula is C21H38N2OSn. The van der Waals surface area contributed by atoms with Crippen molar-refractivity contribution < 1.29 is 4.74 Å². The second-order valence-corrected chi connectivity index (χ2v) is 20.8. The van der Waals surface area contributed by atoms with Crippen molar-refractivity contribution in [1.82, 2.24) is 4.98 Å². The predicted molar refractivity (Wildman–Crippen MR) is 112 cm³/mol. The molecule has 0 N–H and O–H groups in total. The maximum atomic E-state index is 5.86. The summed E-state index contributed by atoms with van der Waals surface area (Å²) in [7, 11) is 0. The van der Waals surface area contributed by atoms with E-state index in [1.165, 1.54) is 57.5 Å². The predicted octanol–water partition coefficient (Wildman–Crippen LogP) is 5.32. The average molecular weight is 453 g/mol. The van der Waals surface area contributed by atoms with Gasteiger partial charge in [0.2, 0.25) is 0 Å². The van der Waals surface area contributed by atoms with Crippen molar-refractivity contribution in [3.63, 3.8) is 0 Å². The van der Waals surface area contributed by atoms with E-state index in [0.29, 0.717) is 0 Å². The fourth-order valence-electron chi connectivity index (χ4n) is 4.28. The SMILES string of the molecule is CCC[CH2][Sn]([CH2]CCC)([CH2]CCC)[c]1cnccc1N1CCOC1C. The maximum absolute atomic E-state index is 5.86. The van der Waals surface area contributed by atoms with Crippen LogP contribution in [0.3, 0.4) is 0 Å². The van der Waals surface area contributed by atoms with E-state index < -0.39 is 18.4 Å². The molecule has 1 aliphatic heterocycles. The molecule has 1 aliphatic rings. The number of anilines is 1. The quantitative estimate of drug-likeness (QED) is 0.424. The first kappa shape index (κ1) is 21.0. The fourth-order valence-corrected chi connectivity index (χ4v) is 20.7. The van der Waals surface area contributed by atoms with Gasteiger partial charge in [-0.3, -0.25) is 0 Å². The standard InChI is InChI=1S/C9H11N2O.3C4H9.Sn/c1-8-11(6-7-12-8)9-2-4-10-5-3-9;3*1-3-4-2;/h2,4-5,8H,6-7H2,1H3;3*1,3-4H2,2H3;. The third-order valence-corrected chi connectivity index (χ3v) is 21.4. The zero-order chi connectivity index (χ0) is 18.1. The van der Waals surface area contributed by atoms with Gasteiger partial charge >= 0.3 is 160 Å². The third-order valence-electron chi connectivity index (χ3n) is 5.84. The molecule has 0 aromatic carbocycles. The number of rotatable bonds is 11. The number of pyridine rings is 1. The number of unbranched alkanes of at least 4 members (excludes halogenated alkanes) is 3. The Bertz CT molecular complexity index is 487. The van der Waals surface area contributed by atoms with E-state index in [4.69, 9.17) is 4.74 Å². The van der Waals surface area contributed by atoms with Gasteiger partial charge < -0.3 is 0 Å². The van der Waals surface area contributed by atoms with Crippen molar-refractivity contribution in [3.8, 4) is 0 Å². The minimum atomic E-state index is -2.46. The van der Waals surface area contributed by atoms with Crippen LogP contribution in [0.1, 0.15) is 66.2 Å². The zero-order valence-corrected chi connectivity index (χ0v) is 19.7. The third kappa shape index (κ3) is 5.35. The molecule has 3 nitrogen and oxygen atoms in total. The van der Waals surface area contributed by atoms with Gasteiger partial charge in [-0.2, -0.15) is 0 Å². The molecule has 0 spiro atoms. The Hall–Kier alpha value is -0.291. The molecule has 1 atom stereocenters. The molecule has 1 unspecified atom stereocenters. The summed E-state index contributed by atoms with van der Waals surface area (Å²) in [5.41, 5.74) is 1.46. The van der Waals surface area contributed by atoms with Gasteiger partial charge in [0.1, 0.15) is 0 Å². The van der Waals surface area contributed by atoms with Gasteiger partial charge in [-0.25, -0.2) is 0 Å².